The minimum absolute atomic E-state index is 0.0209. The van der Waals surface area contributed by atoms with Crippen LogP contribution in [0.15, 0.2) is 152 Å². The molecule has 7 fully saturated rings. The molecule has 7 heterocycles. The second-order valence-corrected chi connectivity index (χ2v) is 29.4. The Morgan fingerprint density at radius 1 is 0.409 bits per heavy atom. The molecule has 0 spiro atoms. The summed E-state index contributed by atoms with van der Waals surface area (Å²) in [5, 5.41) is 44.5. The van der Waals surface area contributed by atoms with E-state index in [0.29, 0.717) is 42.0 Å². The zero-order valence-corrected chi connectivity index (χ0v) is 58.3. The first-order chi connectivity index (χ1) is 44.4. The minimum Gasteiger partial charge on any atom is -0.393 e. The summed E-state index contributed by atoms with van der Waals surface area (Å²) >= 11 is 0. The first kappa shape index (κ1) is 76.7. The summed E-state index contributed by atoms with van der Waals surface area (Å²) in [5.41, 5.74) is 6.64. The van der Waals surface area contributed by atoms with Crippen molar-refractivity contribution in [3.8, 4) is 0 Å². The lowest BCUT2D eigenvalue weighted by atomic mass is 9.81. The molecule has 0 amide bonds. The van der Waals surface area contributed by atoms with Gasteiger partial charge in [0.1, 0.15) is 17.3 Å². The smallest absolute Gasteiger partial charge is 0.141 e. The maximum absolute atomic E-state index is 11.7. The van der Waals surface area contributed by atoms with Gasteiger partial charge < -0.3 is 31.1 Å². The van der Waals surface area contributed by atoms with Crippen LogP contribution in [0.4, 0.5) is 0 Å². The lowest BCUT2D eigenvalue weighted by Crippen LogP contribution is -2.48. The van der Waals surface area contributed by atoms with E-state index in [-0.39, 0.29) is 46.6 Å². The number of carbonyl (C=O) groups excluding carboxylic acids is 3. The van der Waals surface area contributed by atoms with Crippen molar-refractivity contribution < 1.29 is 34.8 Å². The van der Waals surface area contributed by atoms with Gasteiger partial charge in [-0.15, -0.1) is 0 Å². The van der Waals surface area contributed by atoms with E-state index in [1.807, 2.05) is 51.1 Å². The normalized spacial score (nSPS) is 25.7. The molecule has 7 unspecified atom stereocenters. The van der Waals surface area contributed by atoms with Gasteiger partial charge in [0.2, 0.25) is 0 Å². The van der Waals surface area contributed by atoms with Gasteiger partial charge in [0, 0.05) is 159 Å². The first-order valence-electron chi connectivity index (χ1n) is 35.0. The number of aliphatic hydroxyl groups excluding tert-OH is 4. The molecule has 512 valence electrons. The quantitative estimate of drug-likeness (QED) is 0.0780. The topological polar surface area (TPSA) is 172 Å². The molecule has 5 aromatic carbocycles. The van der Waals surface area contributed by atoms with Gasteiger partial charge in [-0.2, -0.15) is 0 Å². The zero-order valence-electron chi connectivity index (χ0n) is 58.3. The standard InChI is InChI=1S/C14H21NO.C14H19NO.C13H19NO.C13H17NO.C12H15NO.C7H15NO.C6H13NO/c2*1-14(2)11-15(9-8-13(14)16)10-12-6-4-3-5-7-12;2*1-11-9-14(8-7-13(11)15)10-12-5-3-2-4-6-12;14-12-6-8-13(9-7-12)10-11-4-2-1-3-5-11;1-7(2)5-8-4-3-6(7)9;1-5-4-7-3-2-6(5)8/h3-7,13,16H,8-11H2,1-2H3;3-7H,8-11H2,1-2H3;2-6,11,13,15H,7-10H2,1H3;2-6,11H,7-10H2,1H3;1-5H,6-10H2;6,8-9H,3-5H2,1-2H3;5-8H,2-4H2,1H3. The van der Waals surface area contributed by atoms with E-state index in [9.17, 15) is 29.7 Å². The number of likely N-dealkylation sites (tertiary alicyclic amines) is 5. The van der Waals surface area contributed by atoms with E-state index >= 15 is 0 Å². The molecular formula is C79H119N7O7. The number of Topliss-reactive ketones (excluding diaryl/α,β-unsaturated/α-hetero) is 3. The van der Waals surface area contributed by atoms with Crippen molar-refractivity contribution in [2.75, 3.05) is 91.6 Å². The highest BCUT2D eigenvalue weighted by atomic mass is 16.3. The molecule has 0 bridgehead atoms. The summed E-state index contributed by atoms with van der Waals surface area (Å²) in [7, 11) is 0. The summed E-state index contributed by atoms with van der Waals surface area (Å²) in [6.45, 7) is 37.0. The third-order valence-electron chi connectivity index (χ3n) is 19.5. The van der Waals surface area contributed by atoms with Crippen LogP contribution in [0.5, 0.6) is 0 Å². The number of rotatable bonds is 10. The van der Waals surface area contributed by atoms with Crippen molar-refractivity contribution >= 4 is 17.3 Å². The molecule has 7 atom stereocenters. The van der Waals surface area contributed by atoms with Crippen molar-refractivity contribution in [3.63, 3.8) is 0 Å². The van der Waals surface area contributed by atoms with Crippen LogP contribution in [0, 0.1) is 34.0 Å². The Hall–Kier alpha value is -5.33. The van der Waals surface area contributed by atoms with E-state index in [0.717, 1.165) is 163 Å². The molecule has 12 rings (SSSR count). The summed E-state index contributed by atoms with van der Waals surface area (Å²) < 4.78 is 0. The fourth-order valence-electron chi connectivity index (χ4n) is 13.0. The molecule has 0 aliphatic carbocycles. The highest BCUT2D eigenvalue weighted by Crippen LogP contribution is 2.31. The zero-order chi connectivity index (χ0) is 67.2. The average molecular weight is 1280 g/mol. The fraction of sp³-hybridized carbons (Fsp3) is 0.582. The largest absolute Gasteiger partial charge is 0.393 e. The molecule has 7 saturated heterocycles. The van der Waals surface area contributed by atoms with E-state index in [2.05, 4.69) is 198 Å². The number of ketones is 3. The van der Waals surface area contributed by atoms with Crippen LogP contribution in [-0.2, 0) is 47.1 Å². The van der Waals surface area contributed by atoms with Crippen LogP contribution in [0.2, 0.25) is 0 Å². The van der Waals surface area contributed by atoms with Crippen LogP contribution in [0.3, 0.4) is 0 Å². The van der Waals surface area contributed by atoms with Crippen molar-refractivity contribution in [3.05, 3.63) is 179 Å². The molecule has 7 aliphatic heterocycles. The van der Waals surface area contributed by atoms with Crippen molar-refractivity contribution in [1.82, 2.24) is 35.1 Å². The molecule has 0 saturated carbocycles. The Balaban J connectivity index is 0.000000174. The Kier molecular flexibility index (Phi) is 32.7. The molecule has 6 N–H and O–H groups in total. The van der Waals surface area contributed by atoms with Crippen LogP contribution in [-0.4, -0.2) is 178 Å². The molecule has 14 nitrogen and oxygen atoms in total. The fourth-order valence-corrected chi connectivity index (χ4v) is 13.0. The van der Waals surface area contributed by atoms with E-state index in [1.165, 1.54) is 27.8 Å². The number of piperidine rings is 7. The first-order valence-corrected chi connectivity index (χ1v) is 35.0. The molecule has 5 aromatic rings. The molecule has 93 heavy (non-hydrogen) atoms. The number of benzene rings is 5. The maximum atomic E-state index is 11.7. The summed E-state index contributed by atoms with van der Waals surface area (Å²) in [4.78, 5) is 46.0. The van der Waals surface area contributed by atoms with Crippen molar-refractivity contribution in [1.29, 1.82) is 0 Å². The Morgan fingerprint density at radius 3 is 1.20 bits per heavy atom. The lowest BCUT2D eigenvalue weighted by Gasteiger charge is -2.41. The third kappa shape index (κ3) is 28.5. The predicted molar refractivity (Wildman–Crippen MR) is 379 cm³/mol. The summed E-state index contributed by atoms with van der Waals surface area (Å²) in [5.74, 6) is 2.29. The number of aliphatic hydroxyl groups is 4. The number of carbonyl (C=O) groups is 3. The SMILES string of the molecule is CC1(C)CN(Cc2ccccc2)CCC1=O.CC1(C)CN(Cc2ccccc2)CCC1O.CC1(C)CNCCC1O.CC1CN(Cc2ccccc2)CCC1=O.CC1CN(Cc2ccccc2)CCC1O.CC1CNCCC1O.O=C1CCN(Cc2ccccc2)CC1. The van der Waals surface area contributed by atoms with Gasteiger partial charge in [0.05, 0.1) is 24.4 Å². The van der Waals surface area contributed by atoms with E-state index in [1.54, 1.807) is 0 Å². The van der Waals surface area contributed by atoms with Gasteiger partial charge in [-0.3, -0.25) is 38.9 Å². The molecule has 0 radical (unpaired) electrons. The van der Waals surface area contributed by atoms with Crippen LogP contribution < -0.4 is 10.6 Å². The van der Waals surface area contributed by atoms with Gasteiger partial charge in [-0.05, 0) is 78.4 Å². The Morgan fingerprint density at radius 2 is 0.806 bits per heavy atom. The second-order valence-electron chi connectivity index (χ2n) is 29.4. The lowest BCUT2D eigenvalue weighted by molar-refractivity contribution is -0.131. The molecule has 7 aliphatic rings. The number of hydrogen-bond acceptors (Lipinski definition) is 14. The average Bonchev–Trinajstić information content (AvgIpc) is 1.41. The van der Waals surface area contributed by atoms with Crippen LogP contribution >= 0.6 is 0 Å². The molecular weight excluding hydrogens is 1160 g/mol. The van der Waals surface area contributed by atoms with Gasteiger partial charge in [0.15, 0.2) is 0 Å². The van der Waals surface area contributed by atoms with Crippen LogP contribution in [0.25, 0.3) is 0 Å². The monoisotopic (exact) mass is 1280 g/mol. The Labute approximate surface area is 560 Å². The number of nitrogens with one attached hydrogen (secondary N) is 2. The van der Waals surface area contributed by atoms with Crippen molar-refractivity contribution in [2.24, 2.45) is 34.0 Å². The van der Waals surface area contributed by atoms with Gasteiger partial charge in [-0.1, -0.05) is 214 Å². The predicted octanol–water partition coefficient (Wildman–Crippen LogP) is 10.9. The molecule has 0 aromatic heterocycles. The number of nitrogens with zero attached hydrogens (tertiary/aromatic N) is 5. The third-order valence-corrected chi connectivity index (χ3v) is 19.5. The van der Waals surface area contributed by atoms with Gasteiger partial charge in [-0.25, -0.2) is 0 Å². The van der Waals surface area contributed by atoms with E-state index < -0.39 is 0 Å². The summed E-state index contributed by atoms with van der Waals surface area (Å²) in [6, 6.07) is 52.4. The minimum atomic E-state index is -0.174. The maximum Gasteiger partial charge on any atom is 0.141 e. The van der Waals surface area contributed by atoms with E-state index in [4.69, 9.17) is 5.11 Å². The number of hydrogen-bond donors (Lipinski definition) is 6. The van der Waals surface area contributed by atoms with Gasteiger partial charge in [0.25, 0.3) is 0 Å². The Bertz CT molecular complexity index is 2850. The summed E-state index contributed by atoms with van der Waals surface area (Å²) in [6.07, 6.45) is 6.06. The highest BCUT2D eigenvalue weighted by molar-refractivity contribution is 5.85. The van der Waals surface area contributed by atoms with Crippen LogP contribution in [0.1, 0.15) is 141 Å². The second kappa shape index (κ2) is 39.6. The van der Waals surface area contributed by atoms with Crippen molar-refractivity contribution in [2.45, 2.75) is 171 Å². The highest BCUT2D eigenvalue weighted by Gasteiger charge is 2.36. The van der Waals surface area contributed by atoms with Gasteiger partial charge >= 0.3 is 0 Å². The molecule has 14 heteroatoms.